The molecule has 25 heteroatoms. The normalized spacial score (nSPS) is 27.4. The van der Waals surface area contributed by atoms with E-state index in [4.69, 9.17) is 9.47 Å². The van der Waals surface area contributed by atoms with Crippen molar-refractivity contribution in [1.29, 1.82) is 0 Å². The Hall–Kier alpha value is -6.51. The van der Waals surface area contributed by atoms with Crippen LogP contribution >= 0.6 is 0 Å². The zero-order valence-corrected chi connectivity index (χ0v) is 46.4. The highest BCUT2D eigenvalue weighted by Crippen LogP contribution is 2.29. The van der Waals surface area contributed by atoms with Gasteiger partial charge in [-0.15, -0.1) is 0 Å². The lowest BCUT2D eigenvalue weighted by molar-refractivity contribution is -0.168. The van der Waals surface area contributed by atoms with Crippen LogP contribution in [-0.4, -0.2) is 173 Å². The summed E-state index contributed by atoms with van der Waals surface area (Å²) in [6.07, 6.45) is -1.56. The number of fused-ring (bicyclic) bond motifs is 2. The maximum absolute atomic E-state index is 15.0. The number of aromatic hydroxyl groups is 1. The minimum Gasteiger partial charge on any atom is -0.508 e. The average molecular weight is 1130 g/mol. The number of carbonyl (C=O) groups is 8. The molecule has 0 aromatic heterocycles. The number of methoxy groups -OCH3 is 1. The predicted octanol–water partition coefficient (Wildman–Crippen LogP) is 0.717. The number of amides is 7. The average Bonchev–Trinajstić information content (AvgIpc) is 3.44. The number of benzene rings is 2. The number of nitrogens with one attached hydrogen (secondary N) is 5. The Kier molecular flexibility index (Phi) is 23.3. The lowest BCUT2D eigenvalue weighted by Gasteiger charge is -2.44. The molecule has 2 bridgehead atoms. The summed E-state index contributed by atoms with van der Waals surface area (Å²) < 4.78 is 47.5. The van der Waals surface area contributed by atoms with E-state index in [-0.39, 0.29) is 44.3 Å². The zero-order valence-electron chi connectivity index (χ0n) is 45.6. The Labute approximate surface area is 460 Å². The van der Waals surface area contributed by atoms with Crippen molar-refractivity contribution < 1.29 is 80.3 Å². The molecule has 2 aromatic rings. The zero-order chi connectivity index (χ0) is 58.3. The Morgan fingerprint density at radius 1 is 0.823 bits per heavy atom. The van der Waals surface area contributed by atoms with Crippen LogP contribution in [-0.2, 0) is 75.3 Å². The largest absolute Gasteiger partial charge is 0.508 e. The van der Waals surface area contributed by atoms with E-state index in [0.29, 0.717) is 36.8 Å². The van der Waals surface area contributed by atoms with E-state index in [9.17, 15) is 57.1 Å². The first-order chi connectivity index (χ1) is 37.3. The molecule has 0 saturated carbocycles. The molecule has 2 aromatic carbocycles. The number of esters is 1. The summed E-state index contributed by atoms with van der Waals surface area (Å²) >= 11 is 0. The van der Waals surface area contributed by atoms with E-state index in [2.05, 4.69) is 30.8 Å². The molecule has 2 fully saturated rings. The van der Waals surface area contributed by atoms with Crippen LogP contribution in [0.25, 0.3) is 0 Å². The summed E-state index contributed by atoms with van der Waals surface area (Å²) in [5.41, 5.74) is 1.21. The fourth-order valence-electron chi connectivity index (χ4n) is 9.75. The van der Waals surface area contributed by atoms with Crippen molar-refractivity contribution in [3.63, 3.8) is 0 Å². The number of aliphatic hydroxyl groups is 2. The third-order valence-corrected chi connectivity index (χ3v) is 15.4. The quantitative estimate of drug-likeness (QED) is 0.0532. The van der Waals surface area contributed by atoms with E-state index < -0.39 is 149 Å². The number of aliphatic hydroxyl groups excluding tert-OH is 2. The Balaban J connectivity index is 1.63. The molecule has 3 aliphatic rings. The fourth-order valence-corrected chi connectivity index (χ4v) is 10.0. The number of aryl methyl sites for hydroxylation is 1. The summed E-state index contributed by atoms with van der Waals surface area (Å²) in [6.45, 7) is 7.19. The third kappa shape index (κ3) is 17.7. The molecule has 1 aliphatic carbocycles. The van der Waals surface area contributed by atoms with Crippen molar-refractivity contribution >= 4 is 57.7 Å². The number of ether oxygens (including phenoxy) is 2. The van der Waals surface area contributed by atoms with Crippen LogP contribution < -0.4 is 26.6 Å². The van der Waals surface area contributed by atoms with Crippen LogP contribution in [0.15, 0.2) is 66.7 Å². The minimum atomic E-state index is -5.05. The van der Waals surface area contributed by atoms with Crippen LogP contribution in [0.5, 0.6) is 5.75 Å². The predicted molar refractivity (Wildman–Crippen MR) is 284 cm³/mol. The number of hydrogen-bond acceptors (Lipinski definition) is 16. The number of piperidine rings is 1. The molecule has 2 aliphatic heterocycles. The van der Waals surface area contributed by atoms with E-state index in [1.807, 2.05) is 0 Å². The van der Waals surface area contributed by atoms with Crippen molar-refractivity contribution in [1.82, 2.24) is 36.4 Å². The number of carbonyl (C=O) groups excluding carboxylic acids is 8. The van der Waals surface area contributed by atoms with E-state index >= 15 is 9.59 Å². The van der Waals surface area contributed by atoms with Gasteiger partial charge in [0.15, 0.2) is 6.10 Å². The first-order valence-corrected chi connectivity index (χ1v) is 28.0. The van der Waals surface area contributed by atoms with Gasteiger partial charge in [-0.3, -0.25) is 38.1 Å². The molecule has 24 nitrogen and oxygen atoms in total. The number of likely N-dealkylation sites (N-methyl/N-ethyl adjacent to an activating group) is 1. The highest BCUT2D eigenvalue weighted by atomic mass is 32.3. The minimum absolute atomic E-state index is 0.0554. The molecule has 14 atom stereocenters. The number of nitrogens with zero attached hydrogens (tertiary/aromatic N) is 2. The van der Waals surface area contributed by atoms with E-state index in [1.165, 1.54) is 31.0 Å². The second-order valence-electron chi connectivity index (χ2n) is 20.6. The Morgan fingerprint density at radius 2 is 1.49 bits per heavy atom. The van der Waals surface area contributed by atoms with Crippen molar-refractivity contribution in [2.75, 3.05) is 20.8 Å². The van der Waals surface area contributed by atoms with Gasteiger partial charge in [-0.1, -0.05) is 95.2 Å². The summed E-state index contributed by atoms with van der Waals surface area (Å²) in [6, 6.07) is 4.22. The Morgan fingerprint density at radius 3 is 2.10 bits per heavy atom. The summed E-state index contributed by atoms with van der Waals surface area (Å²) in [7, 11) is -2.62. The van der Waals surface area contributed by atoms with Crippen molar-refractivity contribution in [3.8, 4) is 5.75 Å². The molecule has 1 unspecified atom stereocenters. The molecule has 0 radical (unpaired) electrons. The molecule has 79 heavy (non-hydrogen) atoms. The number of cyclic esters (lactones) is 1. The van der Waals surface area contributed by atoms with Crippen LogP contribution in [0.4, 0.5) is 0 Å². The monoisotopic (exact) mass is 1130 g/mol. The van der Waals surface area contributed by atoms with Gasteiger partial charge < -0.3 is 61.2 Å². The number of phenols is 1. The van der Waals surface area contributed by atoms with Crippen molar-refractivity contribution in [2.45, 2.75) is 166 Å². The fraction of sp³-hybridized carbons (Fsp3) is 0.593. The lowest BCUT2D eigenvalue weighted by atomic mass is 9.88. The van der Waals surface area contributed by atoms with Gasteiger partial charge in [0.2, 0.25) is 35.4 Å². The van der Waals surface area contributed by atoms with Gasteiger partial charge in [-0.25, -0.2) is 8.98 Å². The molecule has 5 rings (SSSR count). The van der Waals surface area contributed by atoms with Crippen LogP contribution in [0.3, 0.4) is 0 Å². The van der Waals surface area contributed by atoms with Crippen molar-refractivity contribution in [2.24, 2.45) is 17.8 Å². The SMILES string of the molecule is CC[C@@H](C)[C@@H]1C(=O)N(C)[C@@H](Cc2ccccc2)C(=O)N[C@@H]([C@@H](C)CC)C(=O)O[C@@H](C)[C@H](NC(=O)[C@@H](CCc2ccc(O)cc2)NC(=O)[C@H](COS(=O)(=O)O)OC)C(=O)N[C@@H](CC2C=C[C@H](O)CC2)C(=O)N[C@H]2CC[C@@H](O)N1C2=O. The highest BCUT2D eigenvalue weighted by molar-refractivity contribution is 7.80. The molecule has 0 spiro atoms. The maximum atomic E-state index is 15.0. The smallest absolute Gasteiger partial charge is 0.397 e. The first kappa shape index (κ1) is 63.3. The van der Waals surface area contributed by atoms with Crippen molar-refractivity contribution in [3.05, 3.63) is 77.9 Å². The topological polar surface area (TPSA) is 346 Å². The summed E-state index contributed by atoms with van der Waals surface area (Å²) in [5, 5.41) is 45.0. The third-order valence-electron chi connectivity index (χ3n) is 15.0. The molecule has 9 N–H and O–H groups in total. The standard InChI is InChI=1S/C54H77N7O17S/c1-8-30(3)44-54(72)78-32(5)45(59-47(65)38(24-19-33-15-20-36(62)21-16-33)55-50(68)42(76-7)29-77-79(73,74)75)51(69)57-40(27-35-17-22-37(63)23-18-35)48(66)56-39-25-26-43(64)61(52(39)70)46(31(4)9-2)53(71)60(6)41(49(67)58-44)28-34-13-11-10-12-14-34/h10-17,20-22,30-32,35,37-46,62-64H,8-9,18-19,23-29H2,1-7H3,(H,55,68)(H,56,66)(H,57,69)(H,58,67)(H,59,65)(H,73,74,75)/t30-,31+,32-,35?,37-,38+,39-,40-,41-,42-,43+,44-,45-,46+/m0/s1. The van der Waals surface area contributed by atoms with Crippen LogP contribution in [0.2, 0.25) is 0 Å². The van der Waals surface area contributed by atoms with Gasteiger partial charge in [0, 0.05) is 20.6 Å². The number of rotatable bonds is 19. The number of phenolic OH excluding ortho intramolecular Hbond substituents is 1. The highest BCUT2D eigenvalue weighted by Gasteiger charge is 2.47. The van der Waals surface area contributed by atoms with Crippen LogP contribution in [0, 0.1) is 17.8 Å². The molecule has 7 amide bonds. The molecular formula is C54H77N7O17S. The van der Waals surface area contributed by atoms with Gasteiger partial charge in [0.1, 0.15) is 67.0 Å². The maximum Gasteiger partial charge on any atom is 0.397 e. The second kappa shape index (κ2) is 29.1. The molecular weight excluding hydrogens is 1050 g/mol. The van der Waals surface area contributed by atoms with Gasteiger partial charge in [0.05, 0.1) is 6.10 Å². The number of allylic oxidation sites excluding steroid dienone is 1. The second-order valence-corrected chi connectivity index (χ2v) is 21.7. The Bertz CT molecular complexity index is 2590. The van der Waals surface area contributed by atoms with Gasteiger partial charge in [0.25, 0.3) is 5.91 Å². The summed E-state index contributed by atoms with van der Waals surface area (Å²) in [4.78, 5) is 120. The lowest BCUT2D eigenvalue weighted by Crippen LogP contribution is -2.66. The van der Waals surface area contributed by atoms with E-state index in [1.54, 1.807) is 82.3 Å². The summed E-state index contributed by atoms with van der Waals surface area (Å²) in [5.74, 6) is -9.19. The molecule has 2 heterocycles. The van der Waals surface area contributed by atoms with E-state index in [0.717, 1.165) is 12.0 Å². The molecule has 436 valence electrons. The molecule has 2 saturated heterocycles. The first-order valence-electron chi connectivity index (χ1n) is 26.7. The van der Waals surface area contributed by atoms with Gasteiger partial charge >= 0.3 is 16.4 Å². The van der Waals surface area contributed by atoms with Crippen LogP contribution in [0.1, 0.15) is 97.1 Å². The number of hydrogen-bond donors (Lipinski definition) is 9. The van der Waals surface area contributed by atoms with Gasteiger partial charge in [-0.05, 0) is 92.9 Å². The van der Waals surface area contributed by atoms with Gasteiger partial charge in [-0.2, -0.15) is 8.42 Å².